The van der Waals surface area contributed by atoms with Gasteiger partial charge < -0.3 is 14.2 Å². The van der Waals surface area contributed by atoms with Crippen LogP contribution in [0.3, 0.4) is 0 Å². The van der Waals surface area contributed by atoms with Crippen molar-refractivity contribution in [3.05, 3.63) is 114 Å². The lowest BCUT2D eigenvalue weighted by Gasteiger charge is -2.07. The molecular weight excluding hydrogens is 456 g/mol. The van der Waals surface area contributed by atoms with Crippen LogP contribution in [0, 0.1) is 0 Å². The van der Waals surface area contributed by atoms with E-state index in [2.05, 4.69) is 10.5 Å². The van der Waals surface area contributed by atoms with Crippen molar-refractivity contribution in [3.63, 3.8) is 0 Å². The van der Waals surface area contributed by atoms with Gasteiger partial charge in [0.25, 0.3) is 5.91 Å². The molecule has 1 amide bonds. The third kappa shape index (κ3) is 6.80. The van der Waals surface area contributed by atoms with Crippen molar-refractivity contribution < 1.29 is 23.8 Å². The maximum absolute atomic E-state index is 12.2. The van der Waals surface area contributed by atoms with Gasteiger partial charge in [-0.2, -0.15) is 5.10 Å². The Morgan fingerprint density at radius 3 is 2.03 bits per heavy atom. The molecule has 180 valence electrons. The topological polar surface area (TPSA) is 86.2 Å². The first kappa shape index (κ1) is 24.2. The summed E-state index contributed by atoms with van der Waals surface area (Å²) < 4.78 is 16.0. The maximum atomic E-state index is 12.2. The van der Waals surface area contributed by atoms with Gasteiger partial charge in [-0.05, 0) is 77.4 Å². The molecule has 0 heterocycles. The summed E-state index contributed by atoms with van der Waals surface area (Å²) in [5, 5.41) is 3.94. The Hall–Kier alpha value is -4.91. The molecule has 0 spiro atoms. The number of hydrogen-bond acceptors (Lipinski definition) is 6. The summed E-state index contributed by atoms with van der Waals surface area (Å²) in [6, 6.07) is 30.9. The van der Waals surface area contributed by atoms with Gasteiger partial charge in [0, 0.05) is 0 Å². The molecule has 0 fully saturated rings. The summed E-state index contributed by atoms with van der Waals surface area (Å²) in [6.45, 7) is -0.164. The van der Waals surface area contributed by atoms with E-state index in [0.717, 1.165) is 16.7 Å². The number of amides is 1. The molecule has 0 aliphatic heterocycles. The predicted octanol–water partition coefficient (Wildman–Crippen LogP) is 5.11. The first-order valence-corrected chi connectivity index (χ1v) is 11.2. The average molecular weight is 481 g/mol. The van der Waals surface area contributed by atoms with Gasteiger partial charge in [-0.25, -0.2) is 10.2 Å². The van der Waals surface area contributed by atoms with E-state index in [1.807, 2.05) is 54.6 Å². The van der Waals surface area contributed by atoms with Crippen molar-refractivity contribution in [1.29, 1.82) is 0 Å². The van der Waals surface area contributed by atoms with Gasteiger partial charge in [-0.15, -0.1) is 0 Å². The lowest BCUT2D eigenvalue weighted by Crippen LogP contribution is -2.24. The number of hydrazone groups is 1. The second kappa shape index (κ2) is 12.0. The minimum absolute atomic E-state index is 0.164. The Kier molecular flexibility index (Phi) is 8.07. The quantitative estimate of drug-likeness (QED) is 0.156. The van der Waals surface area contributed by atoms with Gasteiger partial charge in [0.15, 0.2) is 6.61 Å². The smallest absolute Gasteiger partial charge is 0.343 e. The molecule has 0 bridgehead atoms. The van der Waals surface area contributed by atoms with E-state index in [1.165, 1.54) is 6.21 Å². The number of ether oxygens (including phenoxy) is 3. The van der Waals surface area contributed by atoms with Gasteiger partial charge in [0.1, 0.15) is 17.2 Å². The average Bonchev–Trinajstić information content (AvgIpc) is 2.93. The number of rotatable bonds is 9. The summed E-state index contributed by atoms with van der Waals surface area (Å²) in [5.41, 5.74) is 5.74. The fourth-order valence-corrected chi connectivity index (χ4v) is 3.25. The number of benzene rings is 4. The third-order valence-electron chi connectivity index (χ3n) is 5.15. The van der Waals surface area contributed by atoms with Crippen LogP contribution in [0.1, 0.15) is 15.9 Å². The Bertz CT molecular complexity index is 1320. The molecule has 4 rings (SSSR count). The van der Waals surface area contributed by atoms with Crippen LogP contribution in [0.25, 0.3) is 11.1 Å². The van der Waals surface area contributed by atoms with E-state index >= 15 is 0 Å². The van der Waals surface area contributed by atoms with Crippen LogP contribution in [-0.2, 0) is 4.79 Å². The van der Waals surface area contributed by atoms with Crippen LogP contribution < -0.4 is 19.6 Å². The summed E-state index contributed by atoms with van der Waals surface area (Å²) in [7, 11) is 1.56. The second-order valence-electron chi connectivity index (χ2n) is 7.66. The minimum Gasteiger partial charge on any atom is -0.497 e. The van der Waals surface area contributed by atoms with E-state index in [4.69, 9.17) is 14.2 Å². The van der Waals surface area contributed by atoms with Crippen LogP contribution >= 0.6 is 0 Å². The van der Waals surface area contributed by atoms with Crippen molar-refractivity contribution in [2.75, 3.05) is 13.7 Å². The second-order valence-corrected chi connectivity index (χ2v) is 7.66. The summed E-state index contributed by atoms with van der Waals surface area (Å²) in [4.78, 5) is 24.3. The molecule has 36 heavy (non-hydrogen) atoms. The molecule has 0 unspecified atom stereocenters. The van der Waals surface area contributed by atoms with Crippen LogP contribution in [0.5, 0.6) is 17.2 Å². The molecule has 7 heteroatoms. The monoisotopic (exact) mass is 480 g/mol. The van der Waals surface area contributed by atoms with Crippen LogP contribution in [0.15, 0.2) is 108 Å². The predicted molar refractivity (Wildman–Crippen MR) is 138 cm³/mol. The molecule has 0 aromatic heterocycles. The van der Waals surface area contributed by atoms with Crippen molar-refractivity contribution in [2.24, 2.45) is 5.10 Å². The third-order valence-corrected chi connectivity index (χ3v) is 5.15. The van der Waals surface area contributed by atoms with E-state index in [0.29, 0.717) is 22.8 Å². The molecule has 0 radical (unpaired) electrons. The van der Waals surface area contributed by atoms with Gasteiger partial charge in [0.05, 0.1) is 18.9 Å². The zero-order chi connectivity index (χ0) is 25.2. The zero-order valence-corrected chi connectivity index (χ0v) is 19.6. The highest BCUT2D eigenvalue weighted by atomic mass is 16.5. The van der Waals surface area contributed by atoms with Gasteiger partial charge in [-0.1, -0.05) is 42.5 Å². The maximum Gasteiger partial charge on any atom is 0.343 e. The highest BCUT2D eigenvalue weighted by Crippen LogP contribution is 2.22. The molecule has 4 aromatic rings. The molecule has 4 aromatic carbocycles. The van der Waals surface area contributed by atoms with E-state index in [-0.39, 0.29) is 12.5 Å². The summed E-state index contributed by atoms with van der Waals surface area (Å²) in [6.07, 6.45) is 1.49. The number of hydrogen-bond donors (Lipinski definition) is 1. The Balaban J connectivity index is 1.21. The first-order valence-electron chi connectivity index (χ1n) is 11.2. The van der Waals surface area contributed by atoms with Gasteiger partial charge in [0.2, 0.25) is 0 Å². The molecule has 1 N–H and O–H groups in total. The van der Waals surface area contributed by atoms with Gasteiger partial charge in [-0.3, -0.25) is 4.79 Å². The number of esters is 1. The lowest BCUT2D eigenvalue weighted by atomic mass is 10.1. The standard InChI is InChI=1S/C29H24N2O5/c1-34-25-15-11-24(12-16-25)29(33)36-27-13-7-21(8-14-27)19-30-31-28(32)20-35-26-17-9-23(10-18-26)22-5-3-2-4-6-22/h2-19H,20H2,1H3,(H,31,32). The van der Waals surface area contributed by atoms with E-state index < -0.39 is 5.97 Å². The highest BCUT2D eigenvalue weighted by molar-refractivity contribution is 5.91. The van der Waals surface area contributed by atoms with E-state index in [9.17, 15) is 9.59 Å². The molecule has 0 atom stereocenters. The largest absolute Gasteiger partial charge is 0.497 e. The Morgan fingerprint density at radius 1 is 0.750 bits per heavy atom. The number of carbonyl (C=O) groups excluding carboxylic acids is 2. The number of methoxy groups -OCH3 is 1. The van der Waals surface area contributed by atoms with Crippen molar-refractivity contribution in [3.8, 4) is 28.4 Å². The highest BCUT2D eigenvalue weighted by Gasteiger charge is 2.09. The van der Waals surface area contributed by atoms with E-state index in [1.54, 1.807) is 55.6 Å². The Labute approximate surface area is 209 Å². The van der Waals surface area contributed by atoms with Crippen molar-refractivity contribution in [2.45, 2.75) is 0 Å². The van der Waals surface area contributed by atoms with Crippen molar-refractivity contribution >= 4 is 18.1 Å². The molecule has 7 nitrogen and oxygen atoms in total. The Morgan fingerprint density at radius 2 is 1.36 bits per heavy atom. The lowest BCUT2D eigenvalue weighted by molar-refractivity contribution is -0.123. The number of nitrogens with one attached hydrogen (secondary N) is 1. The summed E-state index contributed by atoms with van der Waals surface area (Å²) >= 11 is 0. The number of nitrogens with zero attached hydrogens (tertiary/aromatic N) is 1. The minimum atomic E-state index is -0.471. The fourth-order valence-electron chi connectivity index (χ4n) is 3.25. The zero-order valence-electron chi connectivity index (χ0n) is 19.6. The van der Waals surface area contributed by atoms with Crippen molar-refractivity contribution in [1.82, 2.24) is 5.43 Å². The number of carbonyl (C=O) groups is 2. The molecule has 0 saturated heterocycles. The first-order chi connectivity index (χ1) is 17.6. The fraction of sp³-hybridized carbons (Fsp3) is 0.0690. The normalized spacial score (nSPS) is 10.6. The van der Waals surface area contributed by atoms with Gasteiger partial charge >= 0.3 is 5.97 Å². The molecule has 0 saturated carbocycles. The van der Waals surface area contributed by atoms with Crippen LogP contribution in [-0.4, -0.2) is 31.8 Å². The molecule has 0 aliphatic rings. The molecule has 0 aliphatic carbocycles. The van der Waals surface area contributed by atoms with Crippen LogP contribution in [0.4, 0.5) is 0 Å². The SMILES string of the molecule is COc1ccc(C(=O)Oc2ccc(C=NNC(=O)COc3ccc(-c4ccccc4)cc3)cc2)cc1. The van der Waals surface area contributed by atoms with Crippen LogP contribution in [0.2, 0.25) is 0 Å². The summed E-state index contributed by atoms with van der Waals surface area (Å²) in [5.74, 6) is 0.785. The molecular formula is C29H24N2O5.